The first-order valence-corrected chi connectivity index (χ1v) is 13.4. The maximum absolute atomic E-state index is 13.6. The summed E-state index contributed by atoms with van der Waals surface area (Å²) in [6.45, 7) is 12.0. The number of imidazole rings is 1. The number of fused-ring (bicyclic) bond motifs is 1. The summed E-state index contributed by atoms with van der Waals surface area (Å²) in [5, 5.41) is 6.28. The van der Waals surface area contributed by atoms with E-state index < -0.39 is 0 Å². The number of hydrogen-bond donors (Lipinski definition) is 3. The minimum atomic E-state index is -0.317. The Kier molecular flexibility index (Phi) is 7.65. The van der Waals surface area contributed by atoms with Gasteiger partial charge in [0.1, 0.15) is 23.6 Å². The molecule has 1 fully saturated rings. The molecule has 0 aromatic carbocycles. The Labute approximate surface area is 227 Å². The second-order valence-corrected chi connectivity index (χ2v) is 10.1. The zero-order chi connectivity index (χ0) is 27.5. The van der Waals surface area contributed by atoms with Crippen LogP contribution in [0.4, 0.5) is 5.82 Å². The van der Waals surface area contributed by atoms with E-state index >= 15 is 0 Å². The summed E-state index contributed by atoms with van der Waals surface area (Å²) in [6.07, 6.45) is 3.54. The van der Waals surface area contributed by atoms with Crippen LogP contribution in [0.5, 0.6) is 5.75 Å². The van der Waals surface area contributed by atoms with Crippen molar-refractivity contribution in [2.24, 2.45) is 0 Å². The fourth-order valence-electron chi connectivity index (χ4n) is 4.93. The van der Waals surface area contributed by atoms with Gasteiger partial charge in [-0.05, 0) is 55.7 Å². The van der Waals surface area contributed by atoms with E-state index in [0.29, 0.717) is 29.3 Å². The molecule has 5 rings (SSSR count). The minimum Gasteiger partial charge on any atom is -0.493 e. The number of anilines is 1. The number of carbonyl (C=O) groups is 1. The van der Waals surface area contributed by atoms with E-state index in [-0.39, 0.29) is 23.9 Å². The summed E-state index contributed by atoms with van der Waals surface area (Å²) in [7, 11) is 0. The Morgan fingerprint density at radius 3 is 2.62 bits per heavy atom. The smallest absolute Gasteiger partial charge is 0.268 e. The third-order valence-corrected chi connectivity index (χ3v) is 6.94. The summed E-state index contributed by atoms with van der Waals surface area (Å²) in [4.78, 5) is 40.6. The number of hydrogen-bond acceptors (Lipinski definition) is 7. The molecule has 39 heavy (non-hydrogen) atoms. The predicted octanol–water partition coefficient (Wildman–Crippen LogP) is 3.25. The molecule has 1 aliphatic rings. The first kappa shape index (κ1) is 26.4. The van der Waals surface area contributed by atoms with Crippen LogP contribution in [-0.4, -0.2) is 58.0 Å². The number of amides is 1. The lowest BCUT2D eigenvalue weighted by molar-refractivity contribution is 0.0944. The topological polar surface area (TPSA) is 117 Å². The van der Waals surface area contributed by atoms with Crippen molar-refractivity contribution in [1.82, 2.24) is 30.0 Å². The first-order valence-electron chi connectivity index (χ1n) is 13.4. The van der Waals surface area contributed by atoms with Crippen molar-refractivity contribution in [2.75, 3.05) is 37.7 Å². The highest BCUT2D eigenvalue weighted by Crippen LogP contribution is 2.28. The van der Waals surface area contributed by atoms with Crippen LogP contribution in [0.25, 0.3) is 16.6 Å². The van der Waals surface area contributed by atoms with E-state index in [1.807, 2.05) is 31.3 Å². The summed E-state index contributed by atoms with van der Waals surface area (Å²) in [5.41, 5.74) is 4.78. The summed E-state index contributed by atoms with van der Waals surface area (Å²) < 4.78 is 7.47. The Morgan fingerprint density at radius 2 is 1.92 bits per heavy atom. The number of pyridine rings is 3. The first-order chi connectivity index (χ1) is 18.9. The molecule has 0 bridgehead atoms. The van der Waals surface area contributed by atoms with Crippen LogP contribution in [0, 0.1) is 6.92 Å². The SMILES string of the molecule is CCOc1cc(C)[nH]c(=O)c1CNC(=O)c1cc(-c2ccc(N3CCNCC3)nc2)cc2c(C(C)C)ncn12. The maximum atomic E-state index is 13.6. The van der Waals surface area contributed by atoms with Gasteiger partial charge in [-0.15, -0.1) is 0 Å². The van der Waals surface area contributed by atoms with Gasteiger partial charge in [-0.3, -0.25) is 14.0 Å². The molecule has 4 aromatic heterocycles. The van der Waals surface area contributed by atoms with Crippen molar-refractivity contribution < 1.29 is 9.53 Å². The van der Waals surface area contributed by atoms with Crippen molar-refractivity contribution in [3.05, 3.63) is 75.9 Å². The van der Waals surface area contributed by atoms with E-state index in [2.05, 4.69) is 45.4 Å². The van der Waals surface area contributed by atoms with Crippen LogP contribution in [0.15, 0.2) is 47.7 Å². The van der Waals surface area contributed by atoms with Crippen LogP contribution >= 0.6 is 0 Å². The molecule has 4 aromatic rings. The number of carbonyl (C=O) groups excluding carboxylic acids is 1. The van der Waals surface area contributed by atoms with Gasteiger partial charge in [-0.2, -0.15) is 0 Å². The molecule has 204 valence electrons. The van der Waals surface area contributed by atoms with E-state index in [1.54, 1.807) is 23.7 Å². The van der Waals surface area contributed by atoms with Crippen molar-refractivity contribution in [3.8, 4) is 16.9 Å². The van der Waals surface area contributed by atoms with Gasteiger partial charge >= 0.3 is 0 Å². The average Bonchev–Trinajstić information content (AvgIpc) is 3.37. The fourth-order valence-corrected chi connectivity index (χ4v) is 4.93. The van der Waals surface area contributed by atoms with Crippen LogP contribution in [-0.2, 0) is 6.54 Å². The molecular formula is C29H35N7O3. The van der Waals surface area contributed by atoms with E-state index in [9.17, 15) is 9.59 Å². The van der Waals surface area contributed by atoms with Gasteiger partial charge in [-0.25, -0.2) is 9.97 Å². The number of aromatic amines is 1. The molecule has 3 N–H and O–H groups in total. The zero-order valence-electron chi connectivity index (χ0n) is 22.9. The number of nitrogens with zero attached hydrogens (tertiary/aromatic N) is 4. The van der Waals surface area contributed by atoms with Crippen LogP contribution < -0.4 is 25.8 Å². The molecular weight excluding hydrogens is 494 g/mol. The second kappa shape index (κ2) is 11.3. The number of nitrogens with one attached hydrogen (secondary N) is 3. The Hall–Kier alpha value is -4.18. The van der Waals surface area contributed by atoms with E-state index in [0.717, 1.165) is 54.3 Å². The standard InChI is InChI=1S/C29H35N7O3/c1-5-39-25-12-19(4)34-28(37)22(25)16-32-29(38)24-14-21(13-23-27(18(2)3)33-17-36(23)24)20-6-7-26(31-15-20)35-10-8-30-9-11-35/h6-7,12-15,17-18,30H,5,8-11,16H2,1-4H3,(H,32,38)(H,34,37). The third-order valence-electron chi connectivity index (χ3n) is 6.94. The highest BCUT2D eigenvalue weighted by Gasteiger charge is 2.19. The lowest BCUT2D eigenvalue weighted by Crippen LogP contribution is -2.43. The predicted molar refractivity (Wildman–Crippen MR) is 152 cm³/mol. The average molecular weight is 530 g/mol. The monoisotopic (exact) mass is 529 g/mol. The molecule has 10 nitrogen and oxygen atoms in total. The summed E-state index contributed by atoms with van der Waals surface area (Å²) in [5.74, 6) is 1.27. The summed E-state index contributed by atoms with van der Waals surface area (Å²) in [6, 6.07) is 9.75. The van der Waals surface area contributed by atoms with Gasteiger partial charge in [0, 0.05) is 43.6 Å². The lowest BCUT2D eigenvalue weighted by atomic mass is 10.0. The third kappa shape index (κ3) is 5.51. The number of H-pyrrole nitrogens is 1. The largest absolute Gasteiger partial charge is 0.493 e. The Morgan fingerprint density at radius 1 is 1.13 bits per heavy atom. The highest BCUT2D eigenvalue weighted by atomic mass is 16.5. The second-order valence-electron chi connectivity index (χ2n) is 10.1. The quantitative estimate of drug-likeness (QED) is 0.321. The summed E-state index contributed by atoms with van der Waals surface area (Å²) >= 11 is 0. The minimum absolute atomic E-state index is 0.0299. The number of rotatable bonds is 8. The molecule has 0 spiro atoms. The zero-order valence-corrected chi connectivity index (χ0v) is 22.9. The number of aromatic nitrogens is 4. The molecule has 0 saturated carbocycles. The van der Waals surface area contributed by atoms with E-state index in [1.165, 1.54) is 0 Å². The number of aryl methyl sites for hydroxylation is 1. The molecule has 0 atom stereocenters. The number of ether oxygens (including phenoxy) is 1. The van der Waals surface area contributed by atoms with Crippen molar-refractivity contribution in [3.63, 3.8) is 0 Å². The number of piperazine rings is 1. The van der Waals surface area contributed by atoms with Crippen molar-refractivity contribution in [1.29, 1.82) is 0 Å². The van der Waals surface area contributed by atoms with Gasteiger partial charge < -0.3 is 25.3 Å². The van der Waals surface area contributed by atoms with Gasteiger partial charge in [-0.1, -0.05) is 13.8 Å². The molecule has 1 amide bonds. The molecule has 1 saturated heterocycles. The molecule has 0 aliphatic carbocycles. The normalized spacial score (nSPS) is 13.7. The van der Waals surface area contributed by atoms with Crippen molar-refractivity contribution in [2.45, 2.75) is 40.2 Å². The lowest BCUT2D eigenvalue weighted by Gasteiger charge is -2.28. The van der Waals surface area contributed by atoms with E-state index in [4.69, 9.17) is 9.72 Å². The Bertz CT molecular complexity index is 1530. The molecule has 0 unspecified atom stereocenters. The van der Waals surface area contributed by atoms with Crippen LogP contribution in [0.1, 0.15) is 54.1 Å². The fraction of sp³-hybridized carbons (Fsp3) is 0.379. The highest BCUT2D eigenvalue weighted by molar-refractivity contribution is 5.95. The van der Waals surface area contributed by atoms with Crippen molar-refractivity contribution >= 4 is 17.2 Å². The molecule has 0 radical (unpaired) electrons. The maximum Gasteiger partial charge on any atom is 0.268 e. The molecule has 10 heteroatoms. The van der Waals surface area contributed by atoms with Crippen LogP contribution in [0.2, 0.25) is 0 Å². The Balaban J connectivity index is 1.48. The van der Waals surface area contributed by atoms with Gasteiger partial charge in [0.05, 0.1) is 29.9 Å². The van der Waals surface area contributed by atoms with Gasteiger partial charge in [0.25, 0.3) is 11.5 Å². The van der Waals surface area contributed by atoms with Crippen LogP contribution in [0.3, 0.4) is 0 Å². The van der Waals surface area contributed by atoms with Gasteiger partial charge in [0.15, 0.2) is 0 Å². The van der Waals surface area contributed by atoms with Gasteiger partial charge in [0.2, 0.25) is 0 Å². The molecule has 5 heterocycles. The molecule has 1 aliphatic heterocycles.